The van der Waals surface area contributed by atoms with Crippen LogP contribution in [0.25, 0.3) is 0 Å². The minimum absolute atomic E-state index is 0.139. The maximum Gasteiger partial charge on any atom is 0.335 e. The van der Waals surface area contributed by atoms with Crippen LogP contribution in [0.3, 0.4) is 0 Å². The first-order valence-corrected chi connectivity index (χ1v) is 7.80. The van der Waals surface area contributed by atoms with Crippen molar-refractivity contribution < 1.29 is 24.2 Å². The molecule has 6 nitrogen and oxygen atoms in total. The fraction of sp³-hybridized carbons (Fsp3) is 0.263. The minimum atomic E-state index is -0.971. The number of nitrogens with zero attached hydrogens (tertiary/aromatic N) is 1. The molecule has 1 N–H and O–H groups in total. The minimum Gasteiger partial charge on any atom is -0.491 e. The highest BCUT2D eigenvalue weighted by Crippen LogP contribution is 2.16. The van der Waals surface area contributed by atoms with Crippen LogP contribution in [0.4, 0.5) is 0 Å². The second kappa shape index (κ2) is 8.84. The average Bonchev–Trinajstić information content (AvgIpc) is 2.62. The predicted molar refractivity (Wildman–Crippen MR) is 93.0 cm³/mol. The molecule has 0 aromatic heterocycles. The first kappa shape index (κ1) is 18.5. The summed E-state index contributed by atoms with van der Waals surface area (Å²) in [6.07, 6.45) is 0. The van der Waals surface area contributed by atoms with E-state index in [-0.39, 0.29) is 11.5 Å². The molecule has 0 saturated heterocycles. The van der Waals surface area contributed by atoms with E-state index in [1.54, 1.807) is 55.5 Å². The summed E-state index contributed by atoms with van der Waals surface area (Å²) in [7, 11) is 3.30. The first-order valence-electron chi connectivity index (χ1n) is 7.80. The number of aromatic carboxylic acids is 1. The van der Waals surface area contributed by atoms with Gasteiger partial charge in [0.25, 0.3) is 5.91 Å². The summed E-state index contributed by atoms with van der Waals surface area (Å²) in [5.74, 6) is -0.497. The molecule has 2 aromatic carbocycles. The first-order chi connectivity index (χ1) is 12.0. The zero-order valence-corrected chi connectivity index (χ0v) is 14.3. The molecule has 0 spiro atoms. The van der Waals surface area contributed by atoms with Gasteiger partial charge in [-0.2, -0.15) is 0 Å². The molecule has 0 saturated carbocycles. The van der Waals surface area contributed by atoms with E-state index in [0.717, 1.165) is 5.56 Å². The van der Waals surface area contributed by atoms with Gasteiger partial charge in [0.2, 0.25) is 0 Å². The average molecular weight is 343 g/mol. The van der Waals surface area contributed by atoms with Crippen molar-refractivity contribution in [3.63, 3.8) is 0 Å². The van der Waals surface area contributed by atoms with Gasteiger partial charge in [0.15, 0.2) is 0 Å². The van der Waals surface area contributed by atoms with Gasteiger partial charge in [-0.15, -0.1) is 0 Å². The van der Waals surface area contributed by atoms with Gasteiger partial charge < -0.3 is 19.5 Å². The molecule has 0 fully saturated rings. The third kappa shape index (κ3) is 5.32. The van der Waals surface area contributed by atoms with E-state index in [1.807, 2.05) is 0 Å². The van der Waals surface area contributed by atoms with E-state index >= 15 is 0 Å². The Hall–Kier alpha value is -2.86. The van der Waals surface area contributed by atoms with Gasteiger partial charge in [-0.3, -0.25) is 4.79 Å². The molecule has 0 aliphatic carbocycles. The van der Waals surface area contributed by atoms with Crippen molar-refractivity contribution in [2.24, 2.45) is 0 Å². The number of hydrogen-bond donors (Lipinski definition) is 1. The third-order valence-corrected chi connectivity index (χ3v) is 3.60. The van der Waals surface area contributed by atoms with Gasteiger partial charge in [-0.25, -0.2) is 4.79 Å². The number of hydrogen-bond acceptors (Lipinski definition) is 4. The lowest BCUT2D eigenvalue weighted by atomic mass is 10.1. The van der Waals surface area contributed by atoms with Crippen molar-refractivity contribution in [1.82, 2.24) is 4.90 Å². The van der Waals surface area contributed by atoms with Gasteiger partial charge in [0.1, 0.15) is 12.4 Å². The van der Waals surface area contributed by atoms with Crippen LogP contribution in [0.2, 0.25) is 0 Å². The Balaban J connectivity index is 2.01. The second-order valence-electron chi connectivity index (χ2n) is 5.53. The SMILES string of the molecule is COCCOc1cccc(C(=O)N(C)Cc2ccc(C(=O)O)cc2)c1. The summed E-state index contributed by atoms with van der Waals surface area (Å²) in [6.45, 7) is 1.28. The maximum atomic E-state index is 12.6. The zero-order chi connectivity index (χ0) is 18.2. The lowest BCUT2D eigenvalue weighted by Crippen LogP contribution is -2.26. The normalized spacial score (nSPS) is 10.3. The Morgan fingerprint density at radius 2 is 1.76 bits per heavy atom. The molecular weight excluding hydrogens is 322 g/mol. The summed E-state index contributed by atoms with van der Waals surface area (Å²) >= 11 is 0. The fourth-order valence-corrected chi connectivity index (χ4v) is 2.28. The van der Waals surface area contributed by atoms with Crippen molar-refractivity contribution in [1.29, 1.82) is 0 Å². The molecule has 0 heterocycles. The Kier molecular flexibility index (Phi) is 6.54. The van der Waals surface area contributed by atoms with Crippen molar-refractivity contribution in [2.75, 3.05) is 27.4 Å². The molecule has 0 bridgehead atoms. The van der Waals surface area contributed by atoms with Crippen molar-refractivity contribution in [3.05, 3.63) is 65.2 Å². The van der Waals surface area contributed by atoms with Crippen LogP contribution >= 0.6 is 0 Å². The summed E-state index contributed by atoms with van der Waals surface area (Å²) in [4.78, 5) is 25.0. The van der Waals surface area contributed by atoms with Crippen molar-refractivity contribution >= 4 is 11.9 Å². The Bertz CT molecular complexity index is 727. The second-order valence-corrected chi connectivity index (χ2v) is 5.53. The van der Waals surface area contributed by atoms with E-state index in [4.69, 9.17) is 14.6 Å². The Morgan fingerprint density at radius 1 is 1.04 bits per heavy atom. The monoisotopic (exact) mass is 343 g/mol. The highest BCUT2D eigenvalue weighted by atomic mass is 16.5. The number of rotatable bonds is 8. The molecular formula is C19H21NO5. The molecule has 0 aliphatic heterocycles. The highest BCUT2D eigenvalue weighted by Gasteiger charge is 2.13. The number of methoxy groups -OCH3 is 1. The van der Waals surface area contributed by atoms with Gasteiger partial charge >= 0.3 is 5.97 Å². The Labute approximate surface area is 146 Å². The fourth-order valence-electron chi connectivity index (χ4n) is 2.28. The van der Waals surface area contributed by atoms with Gasteiger partial charge in [-0.05, 0) is 35.9 Å². The van der Waals surface area contributed by atoms with E-state index < -0.39 is 5.97 Å². The molecule has 2 aromatic rings. The number of benzene rings is 2. The summed E-state index contributed by atoms with van der Waals surface area (Å²) < 4.78 is 10.5. The number of carbonyl (C=O) groups is 2. The molecule has 0 radical (unpaired) electrons. The highest BCUT2D eigenvalue weighted by molar-refractivity contribution is 5.94. The quantitative estimate of drug-likeness (QED) is 0.746. The zero-order valence-electron chi connectivity index (χ0n) is 14.3. The number of carboxylic acid groups (broad SMARTS) is 1. The molecule has 0 unspecified atom stereocenters. The van der Waals surface area contributed by atoms with Gasteiger partial charge in [-0.1, -0.05) is 18.2 Å². The number of carbonyl (C=O) groups excluding carboxylic acids is 1. The van der Waals surface area contributed by atoms with Crippen LogP contribution in [-0.4, -0.2) is 49.3 Å². The van der Waals surface area contributed by atoms with Crippen LogP contribution in [0.15, 0.2) is 48.5 Å². The molecule has 132 valence electrons. The lowest BCUT2D eigenvalue weighted by Gasteiger charge is -2.18. The van der Waals surface area contributed by atoms with Crippen LogP contribution < -0.4 is 4.74 Å². The topological polar surface area (TPSA) is 76.1 Å². The van der Waals surface area contributed by atoms with Crippen LogP contribution in [-0.2, 0) is 11.3 Å². The standard InChI is InChI=1S/C19H21NO5/c1-20(13-14-6-8-15(9-7-14)19(22)23)18(21)16-4-3-5-17(12-16)25-11-10-24-2/h3-9,12H,10-11,13H2,1-2H3,(H,22,23). The van der Waals surface area contributed by atoms with E-state index in [9.17, 15) is 9.59 Å². The number of amides is 1. The predicted octanol–water partition coefficient (Wildman–Crippen LogP) is 2.68. The van der Waals surface area contributed by atoms with Crippen molar-refractivity contribution in [2.45, 2.75) is 6.54 Å². The summed E-state index contributed by atoms with van der Waals surface area (Å²) in [6, 6.07) is 13.5. The van der Waals surface area contributed by atoms with E-state index in [2.05, 4.69) is 0 Å². The van der Waals surface area contributed by atoms with E-state index in [1.165, 1.54) is 12.1 Å². The van der Waals surface area contributed by atoms with E-state index in [0.29, 0.717) is 31.1 Å². The summed E-state index contributed by atoms with van der Waals surface area (Å²) in [5.41, 5.74) is 1.60. The smallest absolute Gasteiger partial charge is 0.335 e. The summed E-state index contributed by atoms with van der Waals surface area (Å²) in [5, 5.41) is 8.91. The maximum absolute atomic E-state index is 12.6. The molecule has 0 atom stereocenters. The molecule has 6 heteroatoms. The lowest BCUT2D eigenvalue weighted by molar-refractivity contribution is 0.0695. The molecule has 2 rings (SSSR count). The molecule has 0 aliphatic rings. The largest absolute Gasteiger partial charge is 0.491 e. The van der Waals surface area contributed by atoms with Crippen LogP contribution in [0.5, 0.6) is 5.75 Å². The molecule has 25 heavy (non-hydrogen) atoms. The number of carboxylic acids is 1. The molecule has 1 amide bonds. The van der Waals surface area contributed by atoms with Crippen molar-refractivity contribution in [3.8, 4) is 5.75 Å². The van der Waals surface area contributed by atoms with Crippen LogP contribution in [0, 0.1) is 0 Å². The third-order valence-electron chi connectivity index (χ3n) is 3.60. The van der Waals surface area contributed by atoms with Gasteiger partial charge in [0.05, 0.1) is 12.2 Å². The van der Waals surface area contributed by atoms with Crippen LogP contribution in [0.1, 0.15) is 26.3 Å². The van der Waals surface area contributed by atoms with Gasteiger partial charge in [0, 0.05) is 26.3 Å². The Morgan fingerprint density at radius 3 is 2.40 bits per heavy atom. The number of ether oxygens (including phenoxy) is 2.